The number of fused-ring (bicyclic) bond motifs is 1. The monoisotopic (exact) mass is 405 g/mol. The Labute approximate surface area is 171 Å². The average molecular weight is 405 g/mol. The minimum atomic E-state index is -0.916. The van der Waals surface area contributed by atoms with E-state index < -0.39 is 17.2 Å². The standard InChI is InChI=1S/C22H31NO6/c1-5-28-20(24)29-15-8-9-22(25)17-12-14-6-7-16(26-3)19(27-4)18(14)21(22,13-15)10-11-23(17)2/h6-7,15,17,25H,5,8-13H2,1-4H3/t15-,17+,21-,22-/m1/s1. The highest BCUT2D eigenvalue weighted by molar-refractivity contribution is 5.61. The van der Waals surface area contributed by atoms with Gasteiger partial charge in [0.25, 0.3) is 0 Å². The molecule has 0 aromatic heterocycles. The van der Waals surface area contributed by atoms with Crippen molar-refractivity contribution in [3.63, 3.8) is 0 Å². The van der Waals surface area contributed by atoms with Crippen LogP contribution in [-0.2, 0) is 21.3 Å². The second kappa shape index (κ2) is 7.36. The van der Waals surface area contributed by atoms with Crippen molar-refractivity contribution in [2.45, 2.75) is 62.2 Å². The van der Waals surface area contributed by atoms with E-state index in [0.717, 1.165) is 24.9 Å². The summed E-state index contributed by atoms with van der Waals surface area (Å²) in [6, 6.07) is 4.04. The summed E-state index contributed by atoms with van der Waals surface area (Å²) in [5, 5.41) is 12.1. The Bertz CT molecular complexity index is 798. The third-order valence-electron chi connectivity index (χ3n) is 7.28. The predicted molar refractivity (Wildman–Crippen MR) is 107 cm³/mol. The normalized spacial score (nSPS) is 33.3. The molecule has 3 aliphatic rings. The van der Waals surface area contributed by atoms with Crippen molar-refractivity contribution in [2.75, 3.05) is 34.4 Å². The number of methoxy groups -OCH3 is 2. The van der Waals surface area contributed by atoms with Gasteiger partial charge in [0.15, 0.2) is 11.5 Å². The summed E-state index contributed by atoms with van der Waals surface area (Å²) in [7, 11) is 5.35. The number of carbonyl (C=O) groups excluding carboxylic acids is 1. The zero-order valence-electron chi connectivity index (χ0n) is 17.7. The predicted octanol–water partition coefficient (Wildman–Crippen LogP) is 2.66. The Morgan fingerprint density at radius 1 is 1.28 bits per heavy atom. The fourth-order valence-electron chi connectivity index (χ4n) is 6.01. The van der Waals surface area contributed by atoms with Crippen molar-refractivity contribution < 1.29 is 28.8 Å². The Balaban J connectivity index is 1.83. The van der Waals surface area contributed by atoms with Gasteiger partial charge in [-0.3, -0.25) is 0 Å². The fraction of sp³-hybridized carbons (Fsp3) is 0.682. The molecule has 1 saturated carbocycles. The Hall–Kier alpha value is -1.99. The Morgan fingerprint density at radius 2 is 2.07 bits per heavy atom. The molecule has 0 spiro atoms. The van der Waals surface area contributed by atoms with E-state index in [2.05, 4.69) is 18.0 Å². The first kappa shape index (κ1) is 20.3. The van der Waals surface area contributed by atoms with Gasteiger partial charge >= 0.3 is 6.16 Å². The lowest BCUT2D eigenvalue weighted by Gasteiger charge is -2.64. The number of rotatable bonds is 4. The molecular formula is C22H31NO6. The van der Waals surface area contributed by atoms with Crippen molar-refractivity contribution >= 4 is 6.16 Å². The highest BCUT2D eigenvalue weighted by atomic mass is 16.7. The first-order chi connectivity index (χ1) is 13.9. The maximum absolute atomic E-state index is 12.1. The van der Waals surface area contributed by atoms with Crippen LogP contribution < -0.4 is 9.47 Å². The molecule has 1 N–H and O–H groups in total. The third-order valence-corrected chi connectivity index (χ3v) is 7.28. The van der Waals surface area contributed by atoms with Crippen LogP contribution in [0.5, 0.6) is 11.5 Å². The summed E-state index contributed by atoms with van der Waals surface area (Å²) >= 11 is 0. The first-order valence-corrected chi connectivity index (χ1v) is 10.4. The van der Waals surface area contributed by atoms with Crippen LogP contribution in [0.4, 0.5) is 4.79 Å². The van der Waals surface area contributed by atoms with Gasteiger partial charge in [-0.15, -0.1) is 0 Å². The largest absolute Gasteiger partial charge is 0.508 e. The summed E-state index contributed by atoms with van der Waals surface area (Å²) in [5.41, 5.74) is 0.706. The molecule has 0 radical (unpaired) electrons. The number of likely N-dealkylation sites (tertiary alicyclic amines) is 1. The summed E-state index contributed by atoms with van der Waals surface area (Å²) in [6.07, 6.45) is 2.29. The fourth-order valence-corrected chi connectivity index (χ4v) is 6.01. The van der Waals surface area contributed by atoms with Gasteiger partial charge in [-0.25, -0.2) is 4.79 Å². The quantitative estimate of drug-likeness (QED) is 0.772. The minimum Gasteiger partial charge on any atom is -0.493 e. The minimum absolute atomic E-state index is 0.0189. The number of hydrogen-bond acceptors (Lipinski definition) is 7. The molecular weight excluding hydrogens is 374 g/mol. The average Bonchev–Trinajstić information content (AvgIpc) is 2.70. The van der Waals surface area contributed by atoms with E-state index >= 15 is 0 Å². The zero-order chi connectivity index (χ0) is 20.8. The van der Waals surface area contributed by atoms with Gasteiger partial charge in [0.05, 0.1) is 26.4 Å². The summed E-state index contributed by atoms with van der Waals surface area (Å²) in [5.74, 6) is 1.34. The van der Waals surface area contributed by atoms with Crippen LogP contribution in [0.25, 0.3) is 0 Å². The molecule has 7 heteroatoms. The molecule has 1 aromatic rings. The molecule has 7 nitrogen and oxygen atoms in total. The SMILES string of the molecule is CCOC(=O)O[C@@H]1CC[C@@]2(O)[C@@H]3Cc4ccc(OC)c(OC)c4[C@@]2(CCN3C)C1. The molecule has 2 aliphatic carbocycles. The highest BCUT2D eigenvalue weighted by Crippen LogP contribution is 2.61. The van der Waals surface area contributed by atoms with Crippen LogP contribution in [0.3, 0.4) is 0 Å². The van der Waals surface area contributed by atoms with Crippen LogP contribution in [-0.4, -0.2) is 68.3 Å². The number of nitrogens with zero attached hydrogens (tertiary/aromatic N) is 1. The highest BCUT2D eigenvalue weighted by Gasteiger charge is 2.65. The first-order valence-electron chi connectivity index (χ1n) is 10.4. The van der Waals surface area contributed by atoms with Crippen molar-refractivity contribution in [1.82, 2.24) is 4.90 Å². The number of ether oxygens (including phenoxy) is 4. The van der Waals surface area contributed by atoms with E-state index in [1.807, 2.05) is 6.07 Å². The van der Waals surface area contributed by atoms with Crippen LogP contribution in [0.15, 0.2) is 12.1 Å². The zero-order valence-corrected chi connectivity index (χ0v) is 17.7. The smallest absolute Gasteiger partial charge is 0.493 e. The van der Waals surface area contributed by atoms with Crippen LogP contribution in [0.1, 0.15) is 43.7 Å². The molecule has 4 rings (SSSR count). The Kier molecular flexibility index (Phi) is 5.15. The van der Waals surface area contributed by atoms with Gasteiger partial charge in [-0.2, -0.15) is 0 Å². The molecule has 0 unspecified atom stereocenters. The molecule has 1 aliphatic heterocycles. The Morgan fingerprint density at radius 3 is 2.76 bits per heavy atom. The molecule has 1 heterocycles. The van der Waals surface area contributed by atoms with Gasteiger partial charge in [0.1, 0.15) is 6.10 Å². The summed E-state index contributed by atoms with van der Waals surface area (Å²) in [4.78, 5) is 14.3. The maximum Gasteiger partial charge on any atom is 0.508 e. The molecule has 2 bridgehead atoms. The molecule has 160 valence electrons. The number of carbonyl (C=O) groups is 1. The van der Waals surface area contributed by atoms with E-state index in [4.69, 9.17) is 18.9 Å². The van der Waals surface area contributed by atoms with Crippen LogP contribution in [0.2, 0.25) is 0 Å². The lowest BCUT2D eigenvalue weighted by Crippen LogP contribution is -2.73. The van der Waals surface area contributed by atoms with E-state index in [1.165, 1.54) is 5.56 Å². The van der Waals surface area contributed by atoms with E-state index in [1.54, 1.807) is 21.1 Å². The second-order valence-corrected chi connectivity index (χ2v) is 8.46. The lowest BCUT2D eigenvalue weighted by molar-refractivity contribution is -0.179. The number of aliphatic hydroxyl groups is 1. The number of likely N-dealkylation sites (N-methyl/N-ethyl adjacent to an activating group) is 1. The van der Waals surface area contributed by atoms with Crippen molar-refractivity contribution in [3.05, 3.63) is 23.3 Å². The summed E-state index contributed by atoms with van der Waals surface area (Å²) in [6.45, 7) is 2.90. The third kappa shape index (κ3) is 2.89. The number of hydrogen-bond donors (Lipinski definition) is 1. The lowest BCUT2D eigenvalue weighted by atomic mass is 9.49. The van der Waals surface area contributed by atoms with Gasteiger partial charge in [0.2, 0.25) is 0 Å². The van der Waals surface area contributed by atoms with Gasteiger partial charge in [-0.05, 0) is 64.3 Å². The molecule has 2 fully saturated rings. The number of piperidine rings is 1. The molecule has 29 heavy (non-hydrogen) atoms. The second-order valence-electron chi connectivity index (χ2n) is 8.46. The van der Waals surface area contributed by atoms with Gasteiger partial charge in [-0.1, -0.05) is 6.07 Å². The maximum atomic E-state index is 12.1. The van der Waals surface area contributed by atoms with Crippen molar-refractivity contribution in [1.29, 1.82) is 0 Å². The molecule has 1 aromatic carbocycles. The number of benzene rings is 1. The molecule has 0 amide bonds. The van der Waals surface area contributed by atoms with E-state index in [-0.39, 0.29) is 18.8 Å². The van der Waals surface area contributed by atoms with E-state index in [9.17, 15) is 9.90 Å². The van der Waals surface area contributed by atoms with Crippen molar-refractivity contribution in [2.24, 2.45) is 0 Å². The van der Waals surface area contributed by atoms with Crippen molar-refractivity contribution in [3.8, 4) is 11.5 Å². The van der Waals surface area contributed by atoms with Gasteiger partial charge < -0.3 is 29.0 Å². The topological polar surface area (TPSA) is 77.5 Å². The van der Waals surface area contributed by atoms with Crippen LogP contribution in [0, 0.1) is 0 Å². The summed E-state index contributed by atoms with van der Waals surface area (Å²) < 4.78 is 22.0. The van der Waals surface area contributed by atoms with Gasteiger partial charge in [0, 0.05) is 17.0 Å². The van der Waals surface area contributed by atoms with E-state index in [0.29, 0.717) is 30.8 Å². The molecule has 1 saturated heterocycles. The molecule has 4 atom stereocenters. The van der Waals surface area contributed by atoms with Crippen LogP contribution >= 0.6 is 0 Å².